The highest BCUT2D eigenvalue weighted by Gasteiger charge is 2.32. The van der Waals surface area contributed by atoms with Crippen LogP contribution in [0.1, 0.15) is 39.2 Å². The number of amides is 1. The van der Waals surface area contributed by atoms with E-state index >= 15 is 0 Å². The average molecular weight is 355 g/mol. The van der Waals surface area contributed by atoms with E-state index in [0.717, 1.165) is 36.9 Å². The summed E-state index contributed by atoms with van der Waals surface area (Å²) in [5.74, 6) is -0.191. The minimum absolute atomic E-state index is 0.0524. The van der Waals surface area contributed by atoms with Gasteiger partial charge in [-0.25, -0.2) is 4.98 Å². The third-order valence-electron chi connectivity index (χ3n) is 2.90. The maximum absolute atomic E-state index is 12.5. The van der Waals surface area contributed by atoms with Crippen LogP contribution >= 0.6 is 23.4 Å². The number of thioether (sulfide) groups is 1. The molecule has 0 fully saturated rings. The number of aromatic nitrogens is 1. The molecule has 2 unspecified atom stereocenters. The Hall–Kier alpha value is -0.950. The van der Waals surface area contributed by atoms with Crippen LogP contribution in [0.25, 0.3) is 0 Å². The van der Waals surface area contributed by atoms with E-state index in [9.17, 15) is 18.0 Å². The molecule has 0 spiro atoms. The van der Waals surface area contributed by atoms with Crippen LogP contribution in [-0.2, 0) is 11.0 Å². The first-order valence-corrected chi connectivity index (χ1v) is 8.10. The van der Waals surface area contributed by atoms with E-state index in [4.69, 9.17) is 11.6 Å². The third kappa shape index (κ3) is 5.68. The summed E-state index contributed by atoms with van der Waals surface area (Å²) in [7, 11) is 0. The Kier molecular flexibility index (Phi) is 6.99. The molecule has 2 atom stereocenters. The first-order valence-electron chi connectivity index (χ1n) is 6.85. The van der Waals surface area contributed by atoms with Crippen molar-refractivity contribution >= 4 is 29.3 Å². The predicted molar refractivity (Wildman–Crippen MR) is 82.1 cm³/mol. The zero-order valence-corrected chi connectivity index (χ0v) is 14.1. The molecule has 0 bridgehead atoms. The first-order chi connectivity index (χ1) is 10.1. The van der Waals surface area contributed by atoms with Crippen molar-refractivity contribution in [3.05, 3.63) is 22.8 Å². The van der Waals surface area contributed by atoms with Crippen LogP contribution in [-0.4, -0.2) is 22.2 Å². The van der Waals surface area contributed by atoms with E-state index < -0.39 is 17.0 Å². The number of nitrogens with zero attached hydrogens (tertiary/aromatic N) is 1. The fraction of sp³-hybridized carbons (Fsp3) is 0.571. The monoisotopic (exact) mass is 354 g/mol. The molecule has 0 aliphatic carbocycles. The summed E-state index contributed by atoms with van der Waals surface area (Å²) < 4.78 is 37.6. The maximum atomic E-state index is 12.5. The Morgan fingerprint density at radius 1 is 1.45 bits per heavy atom. The van der Waals surface area contributed by atoms with Gasteiger partial charge >= 0.3 is 6.18 Å². The van der Waals surface area contributed by atoms with Crippen LogP contribution in [0.4, 0.5) is 13.2 Å². The molecule has 0 saturated carbocycles. The lowest BCUT2D eigenvalue weighted by Crippen LogP contribution is -2.37. The lowest BCUT2D eigenvalue weighted by atomic mass is 10.2. The number of hydrogen-bond donors (Lipinski definition) is 1. The summed E-state index contributed by atoms with van der Waals surface area (Å²) in [6.07, 6.45) is -1.95. The second kappa shape index (κ2) is 8.06. The molecule has 0 aromatic carbocycles. The SMILES string of the molecule is CCCC(C)NC(=O)C(C)Sc1ncc(C(F)(F)F)cc1Cl. The van der Waals surface area contributed by atoms with Crippen molar-refractivity contribution in [2.24, 2.45) is 0 Å². The van der Waals surface area contributed by atoms with Gasteiger partial charge in [0, 0.05) is 12.2 Å². The molecule has 1 N–H and O–H groups in total. The Morgan fingerprint density at radius 3 is 2.59 bits per heavy atom. The third-order valence-corrected chi connectivity index (χ3v) is 4.42. The topological polar surface area (TPSA) is 42.0 Å². The molecule has 1 aromatic rings. The average Bonchev–Trinajstić information content (AvgIpc) is 2.39. The summed E-state index contributed by atoms with van der Waals surface area (Å²) >= 11 is 6.86. The van der Waals surface area contributed by atoms with Gasteiger partial charge in [-0.05, 0) is 26.3 Å². The second-order valence-electron chi connectivity index (χ2n) is 4.97. The molecule has 1 aromatic heterocycles. The smallest absolute Gasteiger partial charge is 0.353 e. The number of hydrogen-bond acceptors (Lipinski definition) is 3. The highest BCUT2D eigenvalue weighted by molar-refractivity contribution is 8.00. The van der Waals surface area contributed by atoms with E-state index in [1.807, 2.05) is 13.8 Å². The molecule has 1 amide bonds. The van der Waals surface area contributed by atoms with Crippen LogP contribution in [0.5, 0.6) is 0 Å². The maximum Gasteiger partial charge on any atom is 0.417 e. The van der Waals surface area contributed by atoms with Gasteiger partial charge < -0.3 is 5.32 Å². The molecule has 3 nitrogen and oxygen atoms in total. The molecular formula is C14H18ClF3N2OS. The van der Waals surface area contributed by atoms with Crippen LogP contribution in [0.15, 0.2) is 17.3 Å². The number of carbonyl (C=O) groups excluding carboxylic acids is 1. The van der Waals surface area contributed by atoms with Crippen molar-refractivity contribution in [2.75, 3.05) is 0 Å². The minimum Gasteiger partial charge on any atom is -0.353 e. The second-order valence-corrected chi connectivity index (χ2v) is 6.70. The van der Waals surface area contributed by atoms with Crippen molar-refractivity contribution in [2.45, 2.75) is 56.1 Å². The Morgan fingerprint density at radius 2 is 2.09 bits per heavy atom. The van der Waals surface area contributed by atoms with E-state index in [-0.39, 0.29) is 22.0 Å². The minimum atomic E-state index is -4.49. The molecule has 0 aliphatic heterocycles. The Balaban J connectivity index is 2.72. The fourth-order valence-corrected chi connectivity index (χ4v) is 2.85. The van der Waals surface area contributed by atoms with Crippen molar-refractivity contribution in [3.63, 3.8) is 0 Å². The lowest BCUT2D eigenvalue weighted by Gasteiger charge is -2.17. The normalized spacial score (nSPS) is 14.5. The summed E-state index contributed by atoms with van der Waals surface area (Å²) in [5.41, 5.74) is -0.907. The standard InChI is InChI=1S/C14H18ClF3N2OS/c1-4-5-8(2)20-12(21)9(3)22-13-11(15)6-10(7-19-13)14(16,17)18/h6-9H,4-5H2,1-3H3,(H,20,21). The summed E-state index contributed by atoms with van der Waals surface area (Å²) in [5, 5.41) is 2.44. The van der Waals surface area contributed by atoms with Crippen LogP contribution in [0.2, 0.25) is 5.02 Å². The Bertz CT molecular complexity index is 525. The van der Waals surface area contributed by atoms with Crippen molar-refractivity contribution in [1.82, 2.24) is 10.3 Å². The molecule has 0 aliphatic rings. The van der Waals surface area contributed by atoms with Gasteiger partial charge in [0.2, 0.25) is 5.91 Å². The van der Waals surface area contributed by atoms with Gasteiger partial charge in [-0.1, -0.05) is 36.7 Å². The molecule has 0 saturated heterocycles. The van der Waals surface area contributed by atoms with E-state index in [2.05, 4.69) is 10.3 Å². The molecule has 8 heteroatoms. The number of rotatable bonds is 6. The molecule has 22 heavy (non-hydrogen) atoms. The van der Waals surface area contributed by atoms with Gasteiger partial charge in [-0.3, -0.25) is 4.79 Å². The van der Waals surface area contributed by atoms with E-state index in [1.54, 1.807) is 6.92 Å². The Labute approximate surface area is 137 Å². The lowest BCUT2D eigenvalue weighted by molar-refractivity contribution is -0.137. The van der Waals surface area contributed by atoms with Gasteiger partial charge in [0.15, 0.2) is 0 Å². The van der Waals surface area contributed by atoms with E-state index in [0.29, 0.717) is 0 Å². The fourth-order valence-electron chi connectivity index (χ4n) is 1.75. The van der Waals surface area contributed by atoms with Gasteiger partial charge in [0.25, 0.3) is 0 Å². The molecule has 1 rings (SSSR count). The van der Waals surface area contributed by atoms with Crippen LogP contribution in [0, 0.1) is 0 Å². The predicted octanol–water partition coefficient (Wildman–Crippen LogP) is 4.54. The van der Waals surface area contributed by atoms with Crippen molar-refractivity contribution in [3.8, 4) is 0 Å². The number of alkyl halides is 3. The molecular weight excluding hydrogens is 337 g/mol. The zero-order chi connectivity index (χ0) is 16.9. The summed E-state index contributed by atoms with van der Waals surface area (Å²) in [6, 6.07) is 0.873. The van der Waals surface area contributed by atoms with Gasteiger partial charge in [-0.2, -0.15) is 13.2 Å². The number of carbonyl (C=O) groups is 1. The zero-order valence-electron chi connectivity index (χ0n) is 12.5. The van der Waals surface area contributed by atoms with Gasteiger partial charge in [0.1, 0.15) is 5.03 Å². The molecule has 124 valence electrons. The first kappa shape index (κ1) is 19.1. The van der Waals surface area contributed by atoms with Crippen LogP contribution < -0.4 is 5.32 Å². The number of nitrogens with one attached hydrogen (secondary N) is 1. The van der Waals surface area contributed by atoms with Crippen molar-refractivity contribution in [1.29, 1.82) is 0 Å². The largest absolute Gasteiger partial charge is 0.417 e. The number of halogens is 4. The molecule has 1 heterocycles. The van der Waals surface area contributed by atoms with Gasteiger partial charge in [-0.15, -0.1) is 0 Å². The summed E-state index contributed by atoms with van der Waals surface area (Å²) in [6.45, 7) is 5.59. The van der Waals surface area contributed by atoms with Crippen LogP contribution in [0.3, 0.4) is 0 Å². The molecule has 0 radical (unpaired) electrons. The highest BCUT2D eigenvalue weighted by Crippen LogP contribution is 2.34. The van der Waals surface area contributed by atoms with Crippen molar-refractivity contribution < 1.29 is 18.0 Å². The quantitative estimate of drug-likeness (QED) is 0.762. The van der Waals surface area contributed by atoms with Gasteiger partial charge in [0.05, 0.1) is 15.8 Å². The van der Waals surface area contributed by atoms with E-state index in [1.165, 1.54) is 0 Å². The highest BCUT2D eigenvalue weighted by atomic mass is 35.5. The number of pyridine rings is 1. The summed E-state index contributed by atoms with van der Waals surface area (Å²) in [4.78, 5) is 15.7.